The van der Waals surface area contributed by atoms with Crippen molar-refractivity contribution in [1.82, 2.24) is 0 Å². The molecule has 0 fully saturated rings. The smallest absolute Gasteiger partial charge is 0.462 e. The fraction of sp³-hybridized carbons (Fsp3) is 0.143. The van der Waals surface area contributed by atoms with Crippen LogP contribution in [0.15, 0.2) is 109 Å². The van der Waals surface area contributed by atoms with E-state index in [0.717, 1.165) is 36.4 Å². The zero-order chi connectivity index (χ0) is 40.1. The maximum atomic E-state index is 15.3. The highest BCUT2D eigenvalue weighted by Gasteiger charge is 2.35. The fourth-order valence-corrected chi connectivity index (χ4v) is 8.50. The van der Waals surface area contributed by atoms with Crippen molar-refractivity contribution in [2.24, 2.45) is 0 Å². The first-order chi connectivity index (χ1) is 28.0. The first-order valence-electron chi connectivity index (χ1n) is 17.8. The standard InChI is InChI=1S/C42H30F6N3O6P/c43-34-7-1-28(16-37(34)46)49-19-25-13-31(4-10-40(25)53-22-49)56-58(52,33-6-12-42-27(15-33)21-51(24-55-42)30-3-9-36(45)39(48)18-30)57-32-5-11-41-26(14-32)20-50(23-54-41)29-2-8-35(44)38(47)17-29/h1-18H,19-24H2. The monoisotopic (exact) mass is 817 g/mol. The second kappa shape index (κ2) is 14.8. The van der Waals surface area contributed by atoms with Gasteiger partial charge in [0.25, 0.3) is 0 Å². The number of hydrogen-bond donors (Lipinski definition) is 0. The van der Waals surface area contributed by atoms with Crippen LogP contribution in [0.4, 0.5) is 43.4 Å². The lowest BCUT2D eigenvalue weighted by molar-refractivity contribution is 0.288. The van der Waals surface area contributed by atoms with Crippen LogP contribution >= 0.6 is 7.60 Å². The van der Waals surface area contributed by atoms with Crippen LogP contribution in [0, 0.1) is 34.9 Å². The summed E-state index contributed by atoms with van der Waals surface area (Å²) in [6.07, 6.45) is 0. The molecule has 0 aromatic heterocycles. The van der Waals surface area contributed by atoms with Gasteiger partial charge in [0.2, 0.25) is 0 Å². The Hall–Kier alpha value is -6.47. The molecule has 0 radical (unpaired) electrons. The topological polar surface area (TPSA) is 72.9 Å². The van der Waals surface area contributed by atoms with Crippen molar-refractivity contribution in [2.75, 3.05) is 34.9 Å². The van der Waals surface area contributed by atoms with Gasteiger partial charge in [-0.15, -0.1) is 0 Å². The van der Waals surface area contributed by atoms with Gasteiger partial charge in [0.1, 0.15) is 28.7 Å². The van der Waals surface area contributed by atoms with E-state index >= 15 is 4.57 Å². The van der Waals surface area contributed by atoms with Crippen LogP contribution in [0.1, 0.15) is 16.7 Å². The van der Waals surface area contributed by atoms with Crippen molar-refractivity contribution < 1.29 is 54.2 Å². The predicted octanol–water partition coefficient (Wildman–Crippen LogP) is 9.57. The van der Waals surface area contributed by atoms with Crippen molar-refractivity contribution in [3.05, 3.63) is 161 Å². The van der Waals surface area contributed by atoms with Crippen molar-refractivity contribution in [3.63, 3.8) is 0 Å². The molecule has 9 rings (SSSR count). The van der Waals surface area contributed by atoms with Crippen LogP contribution in [-0.4, -0.2) is 20.2 Å². The molecule has 0 unspecified atom stereocenters. The number of rotatable bonds is 8. The minimum atomic E-state index is -4.39. The van der Waals surface area contributed by atoms with Gasteiger partial charge in [0, 0.05) is 71.6 Å². The number of ether oxygens (including phenoxy) is 3. The van der Waals surface area contributed by atoms with Gasteiger partial charge in [0.15, 0.2) is 55.1 Å². The van der Waals surface area contributed by atoms with Gasteiger partial charge in [-0.05, 0) is 91.0 Å². The van der Waals surface area contributed by atoms with Crippen LogP contribution in [0.5, 0.6) is 28.7 Å². The quantitative estimate of drug-likeness (QED) is 0.110. The van der Waals surface area contributed by atoms with Crippen LogP contribution in [0.2, 0.25) is 0 Å². The molecule has 58 heavy (non-hydrogen) atoms. The zero-order valence-electron chi connectivity index (χ0n) is 30.1. The molecule has 0 atom stereocenters. The summed E-state index contributed by atoms with van der Waals surface area (Å²) in [6, 6.07) is 25.0. The maximum Gasteiger partial charge on any atom is 0.462 e. The number of halogens is 6. The number of fused-ring (bicyclic) bond motifs is 3. The molecule has 3 aliphatic rings. The number of hydrogen-bond acceptors (Lipinski definition) is 9. The van der Waals surface area contributed by atoms with E-state index in [2.05, 4.69) is 0 Å². The third-order valence-corrected chi connectivity index (χ3v) is 11.7. The Kier molecular flexibility index (Phi) is 9.47. The first kappa shape index (κ1) is 37.1. The molecule has 296 valence electrons. The number of anilines is 3. The van der Waals surface area contributed by atoms with Gasteiger partial charge < -0.3 is 38.0 Å². The summed E-state index contributed by atoms with van der Waals surface area (Å²) >= 11 is 0. The molecule has 3 aliphatic heterocycles. The summed E-state index contributed by atoms with van der Waals surface area (Å²) in [6.45, 7) is 0.790. The first-order valence-corrected chi connectivity index (χ1v) is 19.4. The fourth-order valence-electron chi connectivity index (χ4n) is 6.89. The Morgan fingerprint density at radius 2 is 0.793 bits per heavy atom. The minimum absolute atomic E-state index is 0.0413. The highest BCUT2D eigenvalue weighted by Crippen LogP contribution is 2.50. The zero-order valence-corrected chi connectivity index (χ0v) is 31.0. The Morgan fingerprint density at radius 1 is 0.431 bits per heavy atom. The van der Waals surface area contributed by atoms with Gasteiger partial charge in [-0.1, -0.05) is 0 Å². The molecule has 3 heterocycles. The molecule has 0 aliphatic carbocycles. The lowest BCUT2D eigenvalue weighted by Crippen LogP contribution is -2.33. The normalized spacial score (nSPS) is 14.7. The summed E-state index contributed by atoms with van der Waals surface area (Å²) in [5.74, 6) is -4.22. The Morgan fingerprint density at radius 3 is 1.17 bits per heavy atom. The van der Waals surface area contributed by atoms with Crippen molar-refractivity contribution in [2.45, 2.75) is 19.6 Å². The highest BCUT2D eigenvalue weighted by atomic mass is 31.2. The average Bonchev–Trinajstić information content (AvgIpc) is 3.23. The molecule has 6 aromatic rings. The lowest BCUT2D eigenvalue weighted by Gasteiger charge is -2.32. The molecule has 16 heteroatoms. The summed E-state index contributed by atoms with van der Waals surface area (Å²) in [5.41, 5.74) is 2.90. The van der Waals surface area contributed by atoms with Crippen molar-refractivity contribution in [3.8, 4) is 28.7 Å². The third-order valence-electron chi connectivity index (χ3n) is 9.89. The second-order valence-electron chi connectivity index (χ2n) is 13.7. The Labute approximate surface area is 327 Å². The number of benzene rings is 6. The molecule has 0 bridgehead atoms. The molecular formula is C42H30F6N3O6P. The van der Waals surface area contributed by atoms with Gasteiger partial charge in [-0.25, -0.2) is 30.9 Å². The van der Waals surface area contributed by atoms with E-state index in [-0.39, 0.29) is 56.6 Å². The molecule has 0 saturated carbocycles. The summed E-state index contributed by atoms with van der Waals surface area (Å²) < 4.78 is 129. The molecule has 0 amide bonds. The summed E-state index contributed by atoms with van der Waals surface area (Å²) in [7, 11) is -4.39. The number of nitrogens with zero attached hydrogens (tertiary/aromatic N) is 3. The molecule has 0 saturated heterocycles. The summed E-state index contributed by atoms with van der Waals surface area (Å²) in [4.78, 5) is 5.04. The Bertz CT molecular complexity index is 2520. The lowest BCUT2D eigenvalue weighted by atomic mass is 10.1. The molecule has 0 N–H and O–H groups in total. The van der Waals surface area contributed by atoms with Gasteiger partial charge in [0.05, 0.1) is 5.30 Å². The van der Waals surface area contributed by atoms with E-state index in [1.54, 1.807) is 69.3 Å². The third kappa shape index (κ3) is 7.29. The van der Waals surface area contributed by atoms with Crippen molar-refractivity contribution >= 4 is 30.0 Å². The maximum absolute atomic E-state index is 15.3. The van der Waals surface area contributed by atoms with E-state index in [4.69, 9.17) is 23.3 Å². The molecule has 9 nitrogen and oxygen atoms in total. The van der Waals surface area contributed by atoms with E-state index in [1.165, 1.54) is 18.2 Å². The largest absolute Gasteiger partial charge is 0.473 e. The van der Waals surface area contributed by atoms with Crippen LogP contribution < -0.4 is 43.3 Å². The van der Waals surface area contributed by atoms with E-state index in [1.807, 2.05) is 0 Å². The molecule has 0 spiro atoms. The van der Waals surface area contributed by atoms with Crippen LogP contribution in [0.3, 0.4) is 0 Å². The minimum Gasteiger partial charge on any atom is -0.473 e. The van der Waals surface area contributed by atoms with Crippen LogP contribution in [-0.2, 0) is 24.2 Å². The highest BCUT2D eigenvalue weighted by molar-refractivity contribution is 7.63. The van der Waals surface area contributed by atoms with E-state index in [9.17, 15) is 26.3 Å². The SMILES string of the molecule is O=P(Oc1ccc2c(c1)CN(c1ccc(F)c(F)c1)CO2)(Oc1ccc2c(c1)CN(c1ccc(F)c(F)c1)CO2)c1ccc2c(c1)CN(c1ccc(F)c(F)c1)CO2. The van der Waals surface area contributed by atoms with E-state index in [0.29, 0.717) is 51.0 Å². The van der Waals surface area contributed by atoms with Gasteiger partial charge >= 0.3 is 7.60 Å². The average molecular weight is 818 g/mol. The van der Waals surface area contributed by atoms with Crippen LogP contribution in [0.25, 0.3) is 0 Å². The molecule has 6 aromatic carbocycles. The van der Waals surface area contributed by atoms with Crippen molar-refractivity contribution in [1.29, 1.82) is 0 Å². The second-order valence-corrected chi connectivity index (χ2v) is 15.6. The predicted molar refractivity (Wildman–Crippen MR) is 202 cm³/mol. The van der Waals surface area contributed by atoms with Gasteiger partial charge in [-0.3, -0.25) is 0 Å². The molecular weight excluding hydrogens is 787 g/mol. The van der Waals surface area contributed by atoms with Gasteiger partial charge in [-0.2, -0.15) is 0 Å². The summed E-state index contributed by atoms with van der Waals surface area (Å²) in [5, 5.41) is 0.136. The Balaban J connectivity index is 1.04. The van der Waals surface area contributed by atoms with E-state index < -0.39 is 42.5 Å².